The minimum atomic E-state index is 0.742. The van der Waals surface area contributed by atoms with Crippen LogP contribution in [0.15, 0.2) is 97.1 Å². The Balaban J connectivity index is 1.95. The number of pyridine rings is 1. The molecule has 4 aromatic carbocycles. The summed E-state index contributed by atoms with van der Waals surface area (Å²) in [5, 5.41) is 4.26. The molecule has 0 spiro atoms. The number of hydrogen-bond acceptors (Lipinski definition) is 1. The number of fused-ring (bicyclic) bond motifs is 3. The van der Waals surface area contributed by atoms with Crippen LogP contribution in [0.25, 0.3) is 44.1 Å². The largest absolute Gasteiger partial charge is 0.247 e. The molecule has 5 aromatic rings. The van der Waals surface area contributed by atoms with Gasteiger partial charge in [0.2, 0.25) is 0 Å². The lowest BCUT2D eigenvalue weighted by molar-refractivity contribution is 1.43. The van der Waals surface area contributed by atoms with E-state index in [9.17, 15) is 0 Å². The number of aromatic nitrogens is 1. The molecule has 1 aromatic heterocycles. The third-order valence-corrected chi connectivity index (χ3v) is 5.14. The van der Waals surface area contributed by atoms with E-state index in [1.165, 1.54) is 10.9 Å². The number of halogens is 1. The molecule has 0 unspecified atom stereocenters. The third-order valence-electron chi connectivity index (χ3n) is 4.91. The minimum absolute atomic E-state index is 0.742. The van der Waals surface area contributed by atoms with Gasteiger partial charge in [-0.15, -0.1) is 0 Å². The summed E-state index contributed by atoms with van der Waals surface area (Å²) < 4.78 is 0. The van der Waals surface area contributed by atoms with Gasteiger partial charge in [-0.3, -0.25) is 0 Å². The summed E-state index contributed by atoms with van der Waals surface area (Å²) in [4.78, 5) is 5.00. The highest BCUT2D eigenvalue weighted by molar-refractivity contribution is 6.31. The van der Waals surface area contributed by atoms with E-state index >= 15 is 0 Å². The first-order chi connectivity index (χ1) is 13.3. The smallest absolute Gasteiger partial charge is 0.0788 e. The van der Waals surface area contributed by atoms with E-state index in [1.807, 2.05) is 30.3 Å². The lowest BCUT2D eigenvalue weighted by Gasteiger charge is -2.14. The molecule has 0 atom stereocenters. The number of para-hydroxylation sites is 1. The lowest BCUT2D eigenvalue weighted by atomic mass is 9.93. The van der Waals surface area contributed by atoms with Crippen LogP contribution in [0.1, 0.15) is 0 Å². The van der Waals surface area contributed by atoms with Crippen LogP contribution in [0.3, 0.4) is 0 Å². The second kappa shape index (κ2) is 6.53. The molecule has 128 valence electrons. The maximum Gasteiger partial charge on any atom is 0.0788 e. The lowest BCUT2D eigenvalue weighted by Crippen LogP contribution is -1.91. The van der Waals surface area contributed by atoms with Crippen LogP contribution >= 0.6 is 11.6 Å². The molecule has 27 heavy (non-hydrogen) atoms. The van der Waals surface area contributed by atoms with Crippen molar-refractivity contribution >= 4 is 33.3 Å². The molecule has 0 radical (unpaired) electrons. The zero-order valence-electron chi connectivity index (χ0n) is 14.6. The van der Waals surface area contributed by atoms with E-state index in [4.69, 9.17) is 16.6 Å². The average molecular weight is 366 g/mol. The van der Waals surface area contributed by atoms with Crippen molar-refractivity contribution in [3.05, 3.63) is 102 Å². The monoisotopic (exact) mass is 365 g/mol. The van der Waals surface area contributed by atoms with Gasteiger partial charge in [0.25, 0.3) is 0 Å². The van der Waals surface area contributed by atoms with Gasteiger partial charge in [0.15, 0.2) is 0 Å². The number of rotatable bonds is 2. The van der Waals surface area contributed by atoms with Crippen LogP contribution in [-0.2, 0) is 0 Å². The Morgan fingerprint density at radius 1 is 0.593 bits per heavy atom. The molecule has 1 nitrogen and oxygen atoms in total. The second-order valence-electron chi connectivity index (χ2n) is 6.58. The van der Waals surface area contributed by atoms with E-state index in [0.29, 0.717) is 0 Å². The molecule has 0 aliphatic rings. The fraction of sp³-hybridized carbons (Fsp3) is 0. The Kier molecular flexibility index (Phi) is 3.88. The molecule has 0 aliphatic carbocycles. The summed E-state index contributed by atoms with van der Waals surface area (Å²) in [6, 6.07) is 33.2. The Morgan fingerprint density at radius 3 is 2.15 bits per heavy atom. The SMILES string of the molecule is Clc1cccc(-c2cccc3c(-c4ccccc4)nc4ccccc4c23)c1. The Hall–Kier alpha value is -3.16. The highest BCUT2D eigenvalue weighted by Crippen LogP contribution is 2.38. The fourth-order valence-electron chi connectivity index (χ4n) is 3.72. The molecule has 2 heteroatoms. The third kappa shape index (κ3) is 2.77. The fourth-order valence-corrected chi connectivity index (χ4v) is 3.91. The predicted octanol–water partition coefficient (Wildman–Crippen LogP) is 7.38. The average Bonchev–Trinajstić information content (AvgIpc) is 2.73. The van der Waals surface area contributed by atoms with Crippen molar-refractivity contribution in [3.63, 3.8) is 0 Å². The molecule has 0 amide bonds. The molecule has 1 heterocycles. The minimum Gasteiger partial charge on any atom is -0.247 e. The highest BCUT2D eigenvalue weighted by Gasteiger charge is 2.14. The normalized spacial score (nSPS) is 11.1. The van der Waals surface area contributed by atoms with Gasteiger partial charge in [0, 0.05) is 26.7 Å². The van der Waals surface area contributed by atoms with Gasteiger partial charge in [-0.1, -0.05) is 90.5 Å². The maximum absolute atomic E-state index is 6.28. The summed E-state index contributed by atoms with van der Waals surface area (Å²) in [6.45, 7) is 0. The quantitative estimate of drug-likeness (QED) is 0.297. The van der Waals surface area contributed by atoms with Gasteiger partial charge in [0.1, 0.15) is 0 Å². The van der Waals surface area contributed by atoms with Crippen LogP contribution in [-0.4, -0.2) is 4.98 Å². The van der Waals surface area contributed by atoms with Crippen molar-refractivity contribution in [2.24, 2.45) is 0 Å². The van der Waals surface area contributed by atoms with Gasteiger partial charge in [-0.05, 0) is 29.3 Å². The highest BCUT2D eigenvalue weighted by atomic mass is 35.5. The summed E-state index contributed by atoms with van der Waals surface area (Å²) in [5.41, 5.74) is 5.41. The van der Waals surface area contributed by atoms with Gasteiger partial charge in [-0.2, -0.15) is 0 Å². The number of hydrogen-bond donors (Lipinski definition) is 0. The first kappa shape index (κ1) is 16.0. The van der Waals surface area contributed by atoms with E-state index in [0.717, 1.165) is 38.1 Å². The molecular weight excluding hydrogens is 350 g/mol. The maximum atomic E-state index is 6.28. The molecule has 0 fully saturated rings. The Labute approximate surface area is 162 Å². The van der Waals surface area contributed by atoms with Crippen molar-refractivity contribution in [1.82, 2.24) is 4.98 Å². The Morgan fingerprint density at radius 2 is 1.30 bits per heavy atom. The van der Waals surface area contributed by atoms with E-state index in [1.54, 1.807) is 0 Å². The van der Waals surface area contributed by atoms with Crippen molar-refractivity contribution in [3.8, 4) is 22.4 Å². The zero-order valence-corrected chi connectivity index (χ0v) is 15.3. The summed E-state index contributed by atoms with van der Waals surface area (Å²) in [7, 11) is 0. The van der Waals surface area contributed by atoms with Crippen molar-refractivity contribution in [1.29, 1.82) is 0 Å². The van der Waals surface area contributed by atoms with Crippen LogP contribution in [0.4, 0.5) is 0 Å². The van der Waals surface area contributed by atoms with Crippen LogP contribution in [0, 0.1) is 0 Å². The van der Waals surface area contributed by atoms with Crippen LogP contribution < -0.4 is 0 Å². The molecule has 0 aliphatic heterocycles. The van der Waals surface area contributed by atoms with E-state index < -0.39 is 0 Å². The van der Waals surface area contributed by atoms with E-state index in [2.05, 4.69) is 66.7 Å². The Bertz CT molecular complexity index is 1280. The predicted molar refractivity (Wildman–Crippen MR) is 115 cm³/mol. The summed E-state index contributed by atoms with van der Waals surface area (Å²) in [6.07, 6.45) is 0. The van der Waals surface area contributed by atoms with Gasteiger partial charge in [-0.25, -0.2) is 4.98 Å². The van der Waals surface area contributed by atoms with Gasteiger partial charge >= 0.3 is 0 Å². The first-order valence-corrected chi connectivity index (χ1v) is 9.32. The summed E-state index contributed by atoms with van der Waals surface area (Å²) in [5.74, 6) is 0. The summed E-state index contributed by atoms with van der Waals surface area (Å²) >= 11 is 6.28. The molecule has 0 saturated carbocycles. The number of nitrogens with zero attached hydrogens (tertiary/aromatic N) is 1. The van der Waals surface area contributed by atoms with Crippen molar-refractivity contribution in [2.75, 3.05) is 0 Å². The van der Waals surface area contributed by atoms with Crippen LogP contribution in [0.2, 0.25) is 5.02 Å². The number of benzene rings is 4. The van der Waals surface area contributed by atoms with Crippen molar-refractivity contribution in [2.45, 2.75) is 0 Å². The molecule has 0 saturated heterocycles. The van der Waals surface area contributed by atoms with Crippen LogP contribution in [0.5, 0.6) is 0 Å². The molecule has 0 bridgehead atoms. The molecule has 0 N–H and O–H groups in total. The second-order valence-corrected chi connectivity index (χ2v) is 7.02. The van der Waals surface area contributed by atoms with Crippen molar-refractivity contribution < 1.29 is 0 Å². The first-order valence-electron chi connectivity index (χ1n) is 8.94. The van der Waals surface area contributed by atoms with E-state index in [-0.39, 0.29) is 0 Å². The molecular formula is C25H16ClN. The topological polar surface area (TPSA) is 12.9 Å². The molecule has 5 rings (SSSR count). The van der Waals surface area contributed by atoms with Gasteiger partial charge in [0.05, 0.1) is 11.2 Å². The van der Waals surface area contributed by atoms with Gasteiger partial charge < -0.3 is 0 Å². The zero-order chi connectivity index (χ0) is 18.2. The standard InChI is InChI=1S/C25H16ClN/c26-19-11-6-10-18(16-19)20-13-7-14-22-24(20)21-12-4-5-15-23(21)27-25(22)17-8-2-1-3-9-17/h1-16H.